The molecular formula is C20H25NO3. The lowest BCUT2D eigenvalue weighted by atomic mass is 9.90. The van der Waals surface area contributed by atoms with E-state index in [1.54, 1.807) is 0 Å². The van der Waals surface area contributed by atoms with Crippen LogP contribution in [-0.2, 0) is 10.3 Å². The number of rotatable bonds is 4. The van der Waals surface area contributed by atoms with E-state index in [2.05, 4.69) is 0 Å². The Morgan fingerprint density at radius 1 is 0.958 bits per heavy atom. The predicted octanol–water partition coefficient (Wildman–Crippen LogP) is 4.34. The number of para-hydroxylation sites is 1. The zero-order valence-electron chi connectivity index (χ0n) is 14.7. The molecule has 2 rings (SSSR count). The van der Waals surface area contributed by atoms with E-state index in [4.69, 9.17) is 4.74 Å². The number of benzene rings is 2. The molecule has 0 aliphatic rings. The highest BCUT2D eigenvalue weighted by Gasteiger charge is 2.40. The fourth-order valence-corrected chi connectivity index (χ4v) is 2.56. The Hall–Kier alpha value is -2.33. The number of aliphatic hydroxyl groups is 1. The van der Waals surface area contributed by atoms with Gasteiger partial charge in [-0.05, 0) is 45.4 Å². The molecule has 0 unspecified atom stereocenters. The van der Waals surface area contributed by atoms with E-state index in [1.165, 1.54) is 4.90 Å². The molecule has 0 saturated carbocycles. The molecule has 24 heavy (non-hydrogen) atoms. The normalized spacial score (nSPS) is 13.9. The topological polar surface area (TPSA) is 49.8 Å². The maximum Gasteiger partial charge on any atom is 0.415 e. The number of hydrogen-bond acceptors (Lipinski definition) is 3. The smallest absolute Gasteiger partial charge is 0.415 e. The van der Waals surface area contributed by atoms with Crippen molar-refractivity contribution in [3.63, 3.8) is 0 Å². The van der Waals surface area contributed by atoms with Crippen molar-refractivity contribution in [3.8, 4) is 0 Å². The Morgan fingerprint density at radius 3 is 1.92 bits per heavy atom. The van der Waals surface area contributed by atoms with Crippen LogP contribution in [0.15, 0.2) is 60.7 Å². The third-order valence-corrected chi connectivity index (χ3v) is 3.79. The van der Waals surface area contributed by atoms with E-state index >= 15 is 0 Å². The van der Waals surface area contributed by atoms with E-state index in [0.29, 0.717) is 5.69 Å². The lowest BCUT2D eigenvalue weighted by Gasteiger charge is -2.41. The minimum Gasteiger partial charge on any atom is -0.443 e. The van der Waals surface area contributed by atoms with Crippen LogP contribution >= 0.6 is 0 Å². The van der Waals surface area contributed by atoms with Crippen LogP contribution in [0.4, 0.5) is 10.5 Å². The van der Waals surface area contributed by atoms with Gasteiger partial charge in [-0.3, -0.25) is 4.90 Å². The number of nitrogens with zero attached hydrogens (tertiary/aromatic N) is 1. The summed E-state index contributed by atoms with van der Waals surface area (Å²) in [6.07, 6.45) is -0.492. The fraction of sp³-hybridized carbons (Fsp3) is 0.350. The van der Waals surface area contributed by atoms with Gasteiger partial charge in [-0.2, -0.15) is 0 Å². The second-order valence-electron chi connectivity index (χ2n) is 6.95. The van der Waals surface area contributed by atoms with Crippen LogP contribution < -0.4 is 4.90 Å². The van der Waals surface area contributed by atoms with Gasteiger partial charge in [0, 0.05) is 5.69 Å². The lowest BCUT2D eigenvalue weighted by Crippen LogP contribution is -2.52. The Morgan fingerprint density at radius 2 is 1.46 bits per heavy atom. The third kappa shape index (κ3) is 3.95. The first-order valence-electron chi connectivity index (χ1n) is 8.02. The molecule has 0 aliphatic carbocycles. The van der Waals surface area contributed by atoms with Gasteiger partial charge < -0.3 is 9.84 Å². The van der Waals surface area contributed by atoms with Gasteiger partial charge in [0.15, 0.2) is 0 Å². The molecule has 1 amide bonds. The third-order valence-electron chi connectivity index (χ3n) is 3.79. The molecule has 0 heterocycles. The second kappa shape index (κ2) is 7.05. The Balaban J connectivity index is 2.54. The molecular weight excluding hydrogens is 302 g/mol. The minimum atomic E-state index is -0.940. The van der Waals surface area contributed by atoms with Gasteiger partial charge in [0.1, 0.15) is 5.60 Å². The zero-order chi connectivity index (χ0) is 17.8. The number of carbonyl (C=O) groups is 1. The Labute approximate surface area is 143 Å². The monoisotopic (exact) mass is 327 g/mol. The zero-order valence-corrected chi connectivity index (χ0v) is 14.7. The highest BCUT2D eigenvalue weighted by atomic mass is 16.6. The van der Waals surface area contributed by atoms with E-state index in [-0.39, 0.29) is 6.61 Å². The van der Waals surface area contributed by atoms with Gasteiger partial charge in [-0.25, -0.2) is 4.79 Å². The Kier molecular flexibility index (Phi) is 5.30. The van der Waals surface area contributed by atoms with E-state index in [0.717, 1.165) is 5.56 Å². The van der Waals surface area contributed by atoms with Crippen LogP contribution in [0, 0.1) is 0 Å². The second-order valence-corrected chi connectivity index (χ2v) is 6.95. The molecule has 0 aromatic heterocycles. The van der Waals surface area contributed by atoms with Crippen LogP contribution in [-0.4, -0.2) is 23.4 Å². The molecule has 128 valence electrons. The Bertz CT molecular complexity index is 664. The summed E-state index contributed by atoms with van der Waals surface area (Å²) in [7, 11) is 0. The van der Waals surface area contributed by atoms with Gasteiger partial charge in [-0.1, -0.05) is 48.5 Å². The molecule has 4 heteroatoms. The van der Waals surface area contributed by atoms with Gasteiger partial charge in [0.2, 0.25) is 0 Å². The summed E-state index contributed by atoms with van der Waals surface area (Å²) in [6.45, 7) is 7.08. The number of carbonyl (C=O) groups excluding carboxylic acids is 1. The van der Waals surface area contributed by atoms with Crippen LogP contribution in [0.3, 0.4) is 0 Å². The van der Waals surface area contributed by atoms with E-state index in [1.807, 2.05) is 88.4 Å². The molecule has 1 N–H and O–H groups in total. The average molecular weight is 327 g/mol. The summed E-state index contributed by atoms with van der Waals surface area (Å²) in [5.41, 5.74) is -0.0587. The van der Waals surface area contributed by atoms with Crippen molar-refractivity contribution in [2.75, 3.05) is 11.5 Å². The molecule has 1 atom stereocenters. The molecule has 0 saturated heterocycles. The highest BCUT2D eigenvalue weighted by Crippen LogP contribution is 2.34. The van der Waals surface area contributed by atoms with E-state index in [9.17, 15) is 9.90 Å². The number of anilines is 1. The van der Waals surface area contributed by atoms with Gasteiger partial charge >= 0.3 is 6.09 Å². The largest absolute Gasteiger partial charge is 0.443 e. The van der Waals surface area contributed by atoms with Crippen molar-refractivity contribution in [1.29, 1.82) is 0 Å². The van der Waals surface area contributed by atoms with Gasteiger partial charge in [0.05, 0.1) is 12.1 Å². The van der Waals surface area contributed by atoms with Crippen LogP contribution in [0.5, 0.6) is 0 Å². The maximum absolute atomic E-state index is 12.9. The summed E-state index contributed by atoms with van der Waals surface area (Å²) in [5, 5.41) is 10.2. The number of hydrogen-bond donors (Lipinski definition) is 1. The SMILES string of the molecule is CC(C)(C)OC(=O)N(c1ccccc1)[C@@](C)(CO)c1ccccc1. The van der Waals surface area contributed by atoms with Crippen molar-refractivity contribution >= 4 is 11.8 Å². The maximum atomic E-state index is 12.9. The lowest BCUT2D eigenvalue weighted by molar-refractivity contribution is 0.0506. The average Bonchev–Trinajstić information content (AvgIpc) is 2.55. The minimum absolute atomic E-state index is 0.231. The number of ether oxygens (including phenoxy) is 1. The molecule has 2 aromatic carbocycles. The van der Waals surface area contributed by atoms with Gasteiger partial charge in [0.25, 0.3) is 0 Å². The summed E-state index contributed by atoms with van der Waals surface area (Å²) < 4.78 is 5.60. The van der Waals surface area contributed by atoms with Crippen LogP contribution in [0.1, 0.15) is 33.3 Å². The molecule has 2 aromatic rings. The van der Waals surface area contributed by atoms with Crippen molar-refractivity contribution in [2.24, 2.45) is 0 Å². The summed E-state index contributed by atoms with van der Waals surface area (Å²) >= 11 is 0. The predicted molar refractivity (Wildman–Crippen MR) is 96.0 cm³/mol. The quantitative estimate of drug-likeness (QED) is 0.909. The summed E-state index contributed by atoms with van der Waals surface area (Å²) in [4.78, 5) is 14.5. The first-order chi connectivity index (χ1) is 11.3. The van der Waals surface area contributed by atoms with Gasteiger partial charge in [-0.15, -0.1) is 0 Å². The first kappa shape index (κ1) is 18.0. The standard InChI is InChI=1S/C20H25NO3/c1-19(2,3)24-18(23)21(17-13-9-6-10-14-17)20(4,15-22)16-11-7-5-8-12-16/h5-14,22H,15H2,1-4H3/t20-/m0/s1. The highest BCUT2D eigenvalue weighted by molar-refractivity contribution is 5.90. The van der Waals surface area contributed by atoms with Crippen molar-refractivity contribution < 1.29 is 14.6 Å². The number of amides is 1. The first-order valence-corrected chi connectivity index (χ1v) is 8.02. The van der Waals surface area contributed by atoms with Crippen LogP contribution in [0.25, 0.3) is 0 Å². The van der Waals surface area contributed by atoms with E-state index < -0.39 is 17.2 Å². The summed E-state index contributed by atoms with van der Waals surface area (Å²) in [5.74, 6) is 0. The molecule has 4 nitrogen and oxygen atoms in total. The van der Waals surface area contributed by atoms with Crippen molar-refractivity contribution in [3.05, 3.63) is 66.2 Å². The fourth-order valence-electron chi connectivity index (χ4n) is 2.56. The summed E-state index contributed by atoms with van der Waals surface area (Å²) in [6, 6.07) is 18.7. The van der Waals surface area contributed by atoms with Crippen molar-refractivity contribution in [2.45, 2.75) is 38.8 Å². The van der Waals surface area contributed by atoms with Crippen LogP contribution in [0.2, 0.25) is 0 Å². The molecule has 0 bridgehead atoms. The molecule has 0 radical (unpaired) electrons. The number of aliphatic hydroxyl groups excluding tert-OH is 1. The molecule has 0 spiro atoms. The van der Waals surface area contributed by atoms with Crippen molar-refractivity contribution in [1.82, 2.24) is 0 Å². The molecule has 0 aliphatic heterocycles. The molecule has 0 fully saturated rings.